The van der Waals surface area contributed by atoms with Gasteiger partial charge in [-0.3, -0.25) is 9.59 Å². The lowest BCUT2D eigenvalue weighted by atomic mass is 9.84. The van der Waals surface area contributed by atoms with Crippen molar-refractivity contribution in [3.05, 3.63) is 71.0 Å². The second-order valence-electron chi connectivity index (χ2n) is 8.37. The maximum Gasteiger partial charge on any atom is 0.256 e. The molecule has 5 heteroatoms. The average molecular weight is 409 g/mol. The summed E-state index contributed by atoms with van der Waals surface area (Å²) in [5.41, 5.74) is 2.13. The van der Waals surface area contributed by atoms with Gasteiger partial charge in [0.1, 0.15) is 5.82 Å². The lowest BCUT2D eigenvalue weighted by Crippen LogP contribution is -2.37. The summed E-state index contributed by atoms with van der Waals surface area (Å²) >= 11 is 0. The van der Waals surface area contributed by atoms with Crippen molar-refractivity contribution in [1.82, 2.24) is 9.80 Å². The summed E-state index contributed by atoms with van der Waals surface area (Å²) in [6, 6.07) is 14.2. The Balaban J connectivity index is 1.38. The highest BCUT2D eigenvalue weighted by molar-refractivity contribution is 5.95. The van der Waals surface area contributed by atoms with Crippen LogP contribution in [0.2, 0.25) is 0 Å². The van der Waals surface area contributed by atoms with Crippen molar-refractivity contribution in [2.45, 2.75) is 44.4 Å². The highest BCUT2D eigenvalue weighted by Gasteiger charge is 2.25. The van der Waals surface area contributed by atoms with Gasteiger partial charge in [0.05, 0.1) is 5.56 Å². The fourth-order valence-electron chi connectivity index (χ4n) is 4.64. The molecule has 30 heavy (non-hydrogen) atoms. The maximum atomic E-state index is 14.0. The Kier molecular flexibility index (Phi) is 6.46. The highest BCUT2D eigenvalue weighted by Crippen LogP contribution is 2.32. The standard InChI is InChI=1S/C25H29FN2O2/c26-23-10-5-4-9-22(23)25(30)28-16-6-15-27(17-18-28)24(29)21-13-11-20(12-14-21)19-7-2-1-3-8-19/h4-5,9-14,19H,1-3,6-8,15-18H2. The largest absolute Gasteiger partial charge is 0.337 e. The van der Waals surface area contributed by atoms with Crippen molar-refractivity contribution in [3.8, 4) is 0 Å². The van der Waals surface area contributed by atoms with Crippen LogP contribution in [0.15, 0.2) is 48.5 Å². The minimum absolute atomic E-state index is 0.00499. The van der Waals surface area contributed by atoms with Gasteiger partial charge in [-0.15, -0.1) is 0 Å². The van der Waals surface area contributed by atoms with Crippen molar-refractivity contribution < 1.29 is 14.0 Å². The quantitative estimate of drug-likeness (QED) is 0.728. The molecule has 2 aromatic rings. The number of carbonyl (C=O) groups is 2. The summed E-state index contributed by atoms with van der Waals surface area (Å²) in [5.74, 6) is -0.179. The van der Waals surface area contributed by atoms with E-state index in [1.807, 2.05) is 17.0 Å². The van der Waals surface area contributed by atoms with E-state index >= 15 is 0 Å². The minimum Gasteiger partial charge on any atom is -0.337 e. The Bertz CT molecular complexity index is 890. The first-order valence-electron chi connectivity index (χ1n) is 11.1. The van der Waals surface area contributed by atoms with Crippen LogP contribution >= 0.6 is 0 Å². The molecule has 0 unspecified atom stereocenters. The molecule has 0 radical (unpaired) electrons. The number of benzene rings is 2. The smallest absolute Gasteiger partial charge is 0.256 e. The summed E-state index contributed by atoms with van der Waals surface area (Å²) in [5, 5.41) is 0. The summed E-state index contributed by atoms with van der Waals surface area (Å²) in [4.78, 5) is 29.2. The van der Waals surface area contributed by atoms with Crippen molar-refractivity contribution in [1.29, 1.82) is 0 Å². The van der Waals surface area contributed by atoms with Gasteiger partial charge in [0.15, 0.2) is 0 Å². The maximum absolute atomic E-state index is 14.0. The zero-order valence-corrected chi connectivity index (χ0v) is 17.4. The summed E-state index contributed by atoms with van der Waals surface area (Å²) < 4.78 is 14.0. The molecule has 158 valence electrons. The molecule has 2 amide bonds. The number of halogens is 1. The van der Waals surface area contributed by atoms with Gasteiger partial charge in [-0.1, -0.05) is 43.5 Å². The van der Waals surface area contributed by atoms with E-state index < -0.39 is 5.82 Å². The molecule has 4 nitrogen and oxygen atoms in total. The molecule has 1 saturated carbocycles. The lowest BCUT2D eigenvalue weighted by Gasteiger charge is -2.24. The van der Waals surface area contributed by atoms with Crippen molar-refractivity contribution in [3.63, 3.8) is 0 Å². The van der Waals surface area contributed by atoms with Crippen LogP contribution in [0.5, 0.6) is 0 Å². The van der Waals surface area contributed by atoms with Crippen LogP contribution < -0.4 is 0 Å². The Labute approximate surface area is 177 Å². The Morgan fingerprint density at radius 3 is 2.03 bits per heavy atom. The van der Waals surface area contributed by atoms with Gasteiger partial charge in [0.2, 0.25) is 0 Å². The number of nitrogens with zero attached hydrogens (tertiary/aromatic N) is 2. The Hall–Kier alpha value is -2.69. The van der Waals surface area contributed by atoms with Crippen LogP contribution in [0, 0.1) is 5.82 Å². The number of hydrogen-bond donors (Lipinski definition) is 0. The molecular formula is C25H29FN2O2. The molecule has 2 aromatic carbocycles. The lowest BCUT2D eigenvalue weighted by molar-refractivity contribution is 0.0716. The molecule has 0 N–H and O–H groups in total. The zero-order chi connectivity index (χ0) is 20.9. The molecule has 0 spiro atoms. The van der Waals surface area contributed by atoms with Gasteiger partial charge in [0, 0.05) is 31.7 Å². The fourth-order valence-corrected chi connectivity index (χ4v) is 4.64. The molecule has 2 fully saturated rings. The van der Waals surface area contributed by atoms with E-state index in [9.17, 15) is 14.0 Å². The second-order valence-corrected chi connectivity index (χ2v) is 8.37. The third-order valence-electron chi connectivity index (χ3n) is 6.41. The first kappa shape index (κ1) is 20.6. The Morgan fingerprint density at radius 1 is 0.733 bits per heavy atom. The molecule has 1 aliphatic carbocycles. The third kappa shape index (κ3) is 4.55. The summed E-state index contributed by atoms with van der Waals surface area (Å²) in [6.07, 6.45) is 7.09. The number of carbonyl (C=O) groups excluding carboxylic acids is 2. The van der Waals surface area contributed by atoms with Gasteiger partial charge >= 0.3 is 0 Å². The normalized spacial score (nSPS) is 18.2. The van der Waals surface area contributed by atoms with Crippen LogP contribution in [0.4, 0.5) is 4.39 Å². The van der Waals surface area contributed by atoms with E-state index in [1.54, 1.807) is 17.0 Å². The topological polar surface area (TPSA) is 40.6 Å². The van der Waals surface area contributed by atoms with E-state index in [1.165, 1.54) is 49.8 Å². The minimum atomic E-state index is -0.502. The highest BCUT2D eigenvalue weighted by atomic mass is 19.1. The molecule has 0 aromatic heterocycles. The first-order valence-corrected chi connectivity index (χ1v) is 11.1. The number of hydrogen-bond acceptors (Lipinski definition) is 2. The number of rotatable bonds is 3. The van der Waals surface area contributed by atoms with Crippen molar-refractivity contribution in [2.75, 3.05) is 26.2 Å². The van der Waals surface area contributed by atoms with E-state index in [4.69, 9.17) is 0 Å². The molecule has 4 rings (SSSR count). The van der Waals surface area contributed by atoms with Crippen LogP contribution in [0.3, 0.4) is 0 Å². The SMILES string of the molecule is O=C(c1ccc(C2CCCCC2)cc1)N1CCCN(C(=O)c2ccccc2F)CC1. The van der Waals surface area contributed by atoms with E-state index in [-0.39, 0.29) is 17.4 Å². The molecule has 2 aliphatic rings. The van der Waals surface area contributed by atoms with Crippen LogP contribution in [-0.4, -0.2) is 47.8 Å². The van der Waals surface area contributed by atoms with Crippen LogP contribution in [-0.2, 0) is 0 Å². The van der Waals surface area contributed by atoms with E-state index in [2.05, 4.69) is 12.1 Å². The average Bonchev–Trinajstić information content (AvgIpc) is 3.06. The van der Waals surface area contributed by atoms with E-state index in [0.717, 1.165) is 0 Å². The molecule has 0 atom stereocenters. The predicted octanol–water partition coefficient (Wildman–Crippen LogP) is 4.86. The molecular weight excluding hydrogens is 379 g/mol. The van der Waals surface area contributed by atoms with Gasteiger partial charge in [-0.25, -0.2) is 4.39 Å². The van der Waals surface area contributed by atoms with Crippen LogP contribution in [0.1, 0.15) is 70.7 Å². The van der Waals surface area contributed by atoms with Gasteiger partial charge in [0.25, 0.3) is 11.8 Å². The first-order chi connectivity index (χ1) is 14.6. The third-order valence-corrected chi connectivity index (χ3v) is 6.41. The van der Waals surface area contributed by atoms with Crippen molar-refractivity contribution in [2.24, 2.45) is 0 Å². The van der Waals surface area contributed by atoms with Crippen LogP contribution in [0.25, 0.3) is 0 Å². The summed E-state index contributed by atoms with van der Waals surface area (Å²) in [6.45, 7) is 2.00. The zero-order valence-electron chi connectivity index (χ0n) is 17.4. The van der Waals surface area contributed by atoms with Crippen molar-refractivity contribution >= 4 is 11.8 Å². The molecule has 0 bridgehead atoms. The van der Waals surface area contributed by atoms with Gasteiger partial charge in [-0.2, -0.15) is 0 Å². The summed E-state index contributed by atoms with van der Waals surface area (Å²) in [7, 11) is 0. The second kappa shape index (κ2) is 9.41. The molecule has 1 saturated heterocycles. The molecule has 1 aliphatic heterocycles. The number of amides is 2. The fraction of sp³-hybridized carbons (Fsp3) is 0.440. The van der Waals surface area contributed by atoms with E-state index in [0.29, 0.717) is 44.1 Å². The van der Waals surface area contributed by atoms with Gasteiger partial charge in [-0.05, 0) is 55.0 Å². The molecule has 1 heterocycles. The predicted molar refractivity (Wildman–Crippen MR) is 115 cm³/mol. The Morgan fingerprint density at radius 2 is 1.37 bits per heavy atom. The monoisotopic (exact) mass is 408 g/mol. The van der Waals surface area contributed by atoms with Gasteiger partial charge < -0.3 is 9.80 Å².